The van der Waals surface area contributed by atoms with Gasteiger partial charge in [-0.3, -0.25) is 0 Å². The van der Waals surface area contributed by atoms with Crippen molar-refractivity contribution in [2.45, 2.75) is 20.4 Å². The van der Waals surface area contributed by atoms with E-state index in [-0.39, 0.29) is 0 Å². The molecule has 0 aliphatic carbocycles. The smallest absolute Gasteiger partial charge is 0.122 e. The lowest BCUT2D eigenvalue weighted by Gasteiger charge is -2.12. The second-order valence-electron chi connectivity index (χ2n) is 4.65. The zero-order chi connectivity index (χ0) is 14.0. The molecule has 2 aromatic rings. The van der Waals surface area contributed by atoms with E-state index in [1.54, 1.807) is 7.11 Å². The number of methoxy groups -OCH3 is 1. The van der Waals surface area contributed by atoms with E-state index in [0.717, 1.165) is 22.4 Å². The van der Waals surface area contributed by atoms with Crippen molar-refractivity contribution < 1.29 is 4.74 Å². The summed E-state index contributed by atoms with van der Waals surface area (Å²) in [5.74, 6) is 0.908. The Kier molecular flexibility index (Phi) is 4.13. The van der Waals surface area contributed by atoms with Gasteiger partial charge in [0.25, 0.3) is 0 Å². The zero-order valence-electron chi connectivity index (χ0n) is 11.5. The third-order valence-corrected chi connectivity index (χ3v) is 3.68. The van der Waals surface area contributed by atoms with Crippen molar-refractivity contribution >= 4 is 11.6 Å². The van der Waals surface area contributed by atoms with Crippen molar-refractivity contribution in [2.24, 2.45) is 5.73 Å². The molecule has 0 spiro atoms. The van der Waals surface area contributed by atoms with Crippen molar-refractivity contribution in [1.29, 1.82) is 0 Å². The highest BCUT2D eigenvalue weighted by molar-refractivity contribution is 6.31. The summed E-state index contributed by atoms with van der Waals surface area (Å²) in [6.45, 7) is 4.57. The van der Waals surface area contributed by atoms with Crippen LogP contribution < -0.4 is 10.5 Å². The van der Waals surface area contributed by atoms with E-state index in [4.69, 9.17) is 22.1 Å². The van der Waals surface area contributed by atoms with Crippen LogP contribution in [0.15, 0.2) is 30.3 Å². The lowest BCUT2D eigenvalue weighted by Crippen LogP contribution is -1.97. The fraction of sp³-hybridized carbons (Fsp3) is 0.250. The molecule has 0 unspecified atom stereocenters. The van der Waals surface area contributed by atoms with Gasteiger partial charge in [0.1, 0.15) is 5.75 Å². The van der Waals surface area contributed by atoms with E-state index < -0.39 is 0 Å². The van der Waals surface area contributed by atoms with Gasteiger partial charge in [-0.05, 0) is 59.9 Å². The Balaban J connectivity index is 2.53. The van der Waals surface area contributed by atoms with Crippen molar-refractivity contribution in [3.8, 4) is 16.9 Å². The van der Waals surface area contributed by atoms with Gasteiger partial charge >= 0.3 is 0 Å². The zero-order valence-corrected chi connectivity index (χ0v) is 12.2. The van der Waals surface area contributed by atoms with Gasteiger partial charge in [-0.25, -0.2) is 0 Å². The molecule has 0 atom stereocenters. The second-order valence-corrected chi connectivity index (χ2v) is 5.05. The molecular weight excluding hydrogens is 258 g/mol. The highest BCUT2D eigenvalue weighted by Gasteiger charge is 2.08. The van der Waals surface area contributed by atoms with Crippen molar-refractivity contribution in [3.63, 3.8) is 0 Å². The van der Waals surface area contributed by atoms with Crippen LogP contribution in [0.5, 0.6) is 5.75 Å². The molecular formula is C16H18ClNO. The van der Waals surface area contributed by atoms with Crippen molar-refractivity contribution in [3.05, 3.63) is 52.0 Å². The monoisotopic (exact) mass is 275 g/mol. The number of aryl methyl sites for hydroxylation is 2. The van der Waals surface area contributed by atoms with Crippen LogP contribution in [0.25, 0.3) is 11.1 Å². The van der Waals surface area contributed by atoms with Gasteiger partial charge in [0.05, 0.1) is 7.11 Å². The summed E-state index contributed by atoms with van der Waals surface area (Å²) >= 11 is 6.23. The number of benzene rings is 2. The summed E-state index contributed by atoms with van der Waals surface area (Å²) in [4.78, 5) is 0. The fourth-order valence-corrected chi connectivity index (χ4v) is 2.46. The molecule has 0 fully saturated rings. The second kappa shape index (κ2) is 5.64. The van der Waals surface area contributed by atoms with E-state index >= 15 is 0 Å². The topological polar surface area (TPSA) is 35.2 Å². The maximum atomic E-state index is 6.23. The predicted octanol–water partition coefficient (Wildman–Crippen LogP) is 4.09. The molecule has 3 heteroatoms. The lowest BCUT2D eigenvalue weighted by molar-refractivity contribution is 0.411. The minimum atomic E-state index is 0.458. The predicted molar refractivity (Wildman–Crippen MR) is 80.8 cm³/mol. The van der Waals surface area contributed by atoms with E-state index in [9.17, 15) is 0 Å². The van der Waals surface area contributed by atoms with Crippen LogP contribution in [0.2, 0.25) is 5.02 Å². The highest BCUT2D eigenvalue weighted by atomic mass is 35.5. The molecule has 2 nitrogen and oxygen atoms in total. The Morgan fingerprint density at radius 1 is 1.11 bits per heavy atom. The molecule has 2 N–H and O–H groups in total. The van der Waals surface area contributed by atoms with E-state index in [2.05, 4.69) is 25.1 Å². The molecule has 19 heavy (non-hydrogen) atoms. The SMILES string of the molecule is COc1cc(C)c(-c2ccc(CN)c(Cl)c2)cc1C. The maximum absolute atomic E-state index is 6.23. The first-order valence-electron chi connectivity index (χ1n) is 6.21. The number of hydrogen-bond donors (Lipinski definition) is 1. The summed E-state index contributed by atoms with van der Waals surface area (Å²) in [6.07, 6.45) is 0. The molecule has 0 bridgehead atoms. The standard InChI is InChI=1S/C16H18ClNO/c1-10-7-16(19-3)11(2)6-14(10)12-4-5-13(9-18)15(17)8-12/h4-8H,9,18H2,1-3H3. The molecule has 2 aromatic carbocycles. The molecule has 0 heterocycles. The first-order chi connectivity index (χ1) is 9.06. The number of halogens is 1. The molecule has 0 amide bonds. The number of rotatable bonds is 3. The van der Waals surface area contributed by atoms with E-state index in [1.165, 1.54) is 11.1 Å². The third kappa shape index (κ3) is 2.75. The molecule has 0 aliphatic rings. The summed E-state index contributed by atoms with van der Waals surface area (Å²) in [5.41, 5.74) is 11.1. The molecule has 100 valence electrons. The average Bonchev–Trinajstić information content (AvgIpc) is 2.40. The van der Waals surface area contributed by atoms with Crippen LogP contribution in [-0.4, -0.2) is 7.11 Å². The summed E-state index contributed by atoms with van der Waals surface area (Å²) in [5, 5.41) is 0.716. The molecule has 0 aromatic heterocycles. The largest absolute Gasteiger partial charge is 0.496 e. The van der Waals surface area contributed by atoms with Crippen LogP contribution in [-0.2, 0) is 6.54 Å². The van der Waals surface area contributed by atoms with Crippen molar-refractivity contribution in [2.75, 3.05) is 7.11 Å². The van der Waals surface area contributed by atoms with Gasteiger partial charge in [-0.15, -0.1) is 0 Å². The quantitative estimate of drug-likeness (QED) is 0.916. The third-order valence-electron chi connectivity index (χ3n) is 3.33. The fourth-order valence-electron chi connectivity index (χ4n) is 2.20. The van der Waals surface area contributed by atoms with Gasteiger partial charge in [-0.1, -0.05) is 23.7 Å². The molecule has 2 rings (SSSR count). The van der Waals surface area contributed by atoms with E-state index in [0.29, 0.717) is 11.6 Å². The van der Waals surface area contributed by atoms with Gasteiger partial charge in [0, 0.05) is 11.6 Å². The molecule has 0 saturated carbocycles. The summed E-state index contributed by atoms with van der Waals surface area (Å²) in [6, 6.07) is 10.2. The summed E-state index contributed by atoms with van der Waals surface area (Å²) < 4.78 is 5.33. The first kappa shape index (κ1) is 13.9. The first-order valence-corrected chi connectivity index (χ1v) is 6.58. The summed E-state index contributed by atoms with van der Waals surface area (Å²) in [7, 11) is 1.69. The minimum absolute atomic E-state index is 0.458. The number of ether oxygens (including phenoxy) is 1. The number of nitrogens with two attached hydrogens (primary N) is 1. The average molecular weight is 276 g/mol. The normalized spacial score (nSPS) is 10.6. The molecule has 0 aliphatic heterocycles. The number of hydrogen-bond acceptors (Lipinski definition) is 2. The maximum Gasteiger partial charge on any atom is 0.122 e. The van der Waals surface area contributed by atoms with Gasteiger partial charge in [0.15, 0.2) is 0 Å². The highest BCUT2D eigenvalue weighted by Crippen LogP contribution is 2.32. The van der Waals surface area contributed by atoms with Gasteiger partial charge in [0.2, 0.25) is 0 Å². The Bertz CT molecular complexity index is 608. The van der Waals surface area contributed by atoms with Crippen LogP contribution in [0.3, 0.4) is 0 Å². The minimum Gasteiger partial charge on any atom is -0.496 e. The van der Waals surface area contributed by atoms with Gasteiger partial charge in [-0.2, -0.15) is 0 Å². The Labute approximate surface area is 119 Å². The molecule has 0 radical (unpaired) electrons. The Morgan fingerprint density at radius 3 is 2.42 bits per heavy atom. The Hall–Kier alpha value is -1.51. The van der Waals surface area contributed by atoms with Crippen LogP contribution in [0, 0.1) is 13.8 Å². The van der Waals surface area contributed by atoms with Gasteiger partial charge < -0.3 is 10.5 Å². The van der Waals surface area contributed by atoms with Crippen LogP contribution >= 0.6 is 11.6 Å². The van der Waals surface area contributed by atoms with Crippen molar-refractivity contribution in [1.82, 2.24) is 0 Å². The Morgan fingerprint density at radius 2 is 1.84 bits per heavy atom. The van der Waals surface area contributed by atoms with Crippen LogP contribution in [0.1, 0.15) is 16.7 Å². The molecule has 0 saturated heterocycles. The van der Waals surface area contributed by atoms with E-state index in [1.807, 2.05) is 19.1 Å². The lowest BCUT2D eigenvalue weighted by atomic mass is 9.97. The van der Waals surface area contributed by atoms with Crippen LogP contribution in [0.4, 0.5) is 0 Å².